The predicted molar refractivity (Wildman–Crippen MR) is 90.5 cm³/mol. The first-order valence-corrected chi connectivity index (χ1v) is 11.1. The van der Waals surface area contributed by atoms with Gasteiger partial charge in [-0.25, -0.2) is 0 Å². The SMILES string of the molecule is O=S(=O)(O)c1cccc(CN=Nc2cc(S(=O)(=O)O)cc(S(=O)(=O)O)c2)c1. The van der Waals surface area contributed by atoms with E-state index in [1.54, 1.807) is 0 Å². The maximum absolute atomic E-state index is 11.2. The molecule has 2 aromatic rings. The third kappa shape index (κ3) is 5.88. The summed E-state index contributed by atoms with van der Waals surface area (Å²) < 4.78 is 94.1. The summed E-state index contributed by atoms with van der Waals surface area (Å²) in [5, 5.41) is 7.28. The molecule has 0 amide bonds. The van der Waals surface area contributed by atoms with Gasteiger partial charge in [-0.05, 0) is 35.9 Å². The highest BCUT2D eigenvalue weighted by Gasteiger charge is 2.18. The molecule has 146 valence electrons. The van der Waals surface area contributed by atoms with Crippen molar-refractivity contribution in [3.8, 4) is 0 Å². The van der Waals surface area contributed by atoms with Gasteiger partial charge in [0.15, 0.2) is 0 Å². The largest absolute Gasteiger partial charge is 0.294 e. The summed E-state index contributed by atoms with van der Waals surface area (Å²) in [5.41, 5.74) is 0.0264. The molecule has 0 saturated carbocycles. The van der Waals surface area contributed by atoms with Gasteiger partial charge in [-0.3, -0.25) is 13.7 Å². The quantitative estimate of drug-likeness (QED) is 0.447. The Morgan fingerprint density at radius 3 is 1.70 bits per heavy atom. The van der Waals surface area contributed by atoms with E-state index in [1.165, 1.54) is 12.1 Å². The van der Waals surface area contributed by atoms with E-state index >= 15 is 0 Å². The molecule has 0 bridgehead atoms. The summed E-state index contributed by atoms with van der Waals surface area (Å²) in [6, 6.07) is 7.30. The number of rotatable bonds is 6. The van der Waals surface area contributed by atoms with Gasteiger partial charge >= 0.3 is 0 Å². The molecule has 0 atom stereocenters. The Morgan fingerprint density at radius 2 is 1.22 bits per heavy atom. The van der Waals surface area contributed by atoms with Crippen LogP contribution in [0.1, 0.15) is 5.56 Å². The van der Waals surface area contributed by atoms with E-state index in [0.29, 0.717) is 11.6 Å². The topological polar surface area (TPSA) is 188 Å². The molecule has 27 heavy (non-hydrogen) atoms. The van der Waals surface area contributed by atoms with Gasteiger partial charge in [0.25, 0.3) is 30.4 Å². The van der Waals surface area contributed by atoms with Crippen molar-refractivity contribution in [1.29, 1.82) is 0 Å². The summed E-state index contributed by atoms with van der Waals surface area (Å²) >= 11 is 0. The Labute approximate surface area is 154 Å². The van der Waals surface area contributed by atoms with Crippen molar-refractivity contribution < 1.29 is 38.9 Å². The Hall–Kier alpha value is -2.23. The molecular formula is C13H12N2O9S3. The Morgan fingerprint density at radius 1 is 0.704 bits per heavy atom. The van der Waals surface area contributed by atoms with E-state index in [-0.39, 0.29) is 17.1 Å². The first-order valence-electron chi connectivity index (χ1n) is 6.81. The van der Waals surface area contributed by atoms with Crippen LogP contribution in [0.3, 0.4) is 0 Å². The molecule has 0 aliphatic rings. The molecule has 0 heterocycles. The predicted octanol–water partition coefficient (Wildman–Crippen LogP) is 1.71. The lowest BCUT2D eigenvalue weighted by molar-refractivity contribution is 0.479. The summed E-state index contributed by atoms with van der Waals surface area (Å²) in [6.07, 6.45) is 0. The highest BCUT2D eigenvalue weighted by molar-refractivity contribution is 7.86. The van der Waals surface area contributed by atoms with Crippen LogP contribution in [0.5, 0.6) is 0 Å². The van der Waals surface area contributed by atoms with Crippen molar-refractivity contribution in [2.24, 2.45) is 10.2 Å². The Balaban J connectivity index is 2.37. The number of nitrogens with zero attached hydrogens (tertiary/aromatic N) is 2. The zero-order valence-corrected chi connectivity index (χ0v) is 15.6. The van der Waals surface area contributed by atoms with Gasteiger partial charge in [0.1, 0.15) is 0 Å². The van der Waals surface area contributed by atoms with Crippen LogP contribution in [-0.4, -0.2) is 38.9 Å². The summed E-state index contributed by atoms with van der Waals surface area (Å²) in [5.74, 6) is 0. The van der Waals surface area contributed by atoms with E-state index in [0.717, 1.165) is 24.3 Å². The Kier molecular flexibility index (Phi) is 5.79. The van der Waals surface area contributed by atoms with Crippen molar-refractivity contribution in [3.63, 3.8) is 0 Å². The molecule has 0 fully saturated rings. The lowest BCUT2D eigenvalue weighted by Gasteiger charge is -2.03. The summed E-state index contributed by atoms with van der Waals surface area (Å²) in [4.78, 5) is -2.00. The molecular weight excluding hydrogens is 424 g/mol. The van der Waals surface area contributed by atoms with Crippen molar-refractivity contribution >= 4 is 36.0 Å². The van der Waals surface area contributed by atoms with Crippen LogP contribution < -0.4 is 0 Å². The Bertz CT molecular complexity index is 1170. The smallest absolute Gasteiger partial charge is 0.282 e. The number of benzene rings is 2. The van der Waals surface area contributed by atoms with E-state index in [4.69, 9.17) is 13.7 Å². The van der Waals surface area contributed by atoms with Crippen molar-refractivity contribution in [2.75, 3.05) is 0 Å². The van der Waals surface area contributed by atoms with Crippen molar-refractivity contribution in [3.05, 3.63) is 48.0 Å². The minimum atomic E-state index is -4.78. The van der Waals surface area contributed by atoms with Crippen LogP contribution in [-0.2, 0) is 36.9 Å². The van der Waals surface area contributed by atoms with E-state index in [2.05, 4.69) is 10.2 Å². The third-order valence-electron chi connectivity index (χ3n) is 3.10. The summed E-state index contributed by atoms with van der Waals surface area (Å²) in [7, 11) is -14.0. The molecule has 2 aromatic carbocycles. The monoisotopic (exact) mass is 436 g/mol. The molecule has 0 unspecified atom stereocenters. The van der Waals surface area contributed by atoms with Crippen LogP contribution in [0, 0.1) is 0 Å². The molecule has 0 radical (unpaired) electrons. The standard InChI is InChI=1S/C13H12N2O9S3/c16-25(17,18)11-3-1-2-9(4-11)8-14-15-10-5-12(26(19,20)21)7-13(6-10)27(22,23)24/h1-7H,8H2,(H,16,17,18)(H,19,20,21)(H,22,23,24). The van der Waals surface area contributed by atoms with Gasteiger partial charge in [0.05, 0.1) is 26.9 Å². The average molecular weight is 436 g/mol. The lowest BCUT2D eigenvalue weighted by Crippen LogP contribution is -2.03. The molecule has 0 spiro atoms. The highest BCUT2D eigenvalue weighted by atomic mass is 32.2. The molecule has 11 nitrogen and oxygen atoms in total. The molecule has 0 aliphatic heterocycles. The van der Waals surface area contributed by atoms with Gasteiger partial charge in [-0.15, -0.1) is 0 Å². The number of hydrogen-bond acceptors (Lipinski definition) is 8. The molecule has 0 aromatic heterocycles. The zero-order valence-electron chi connectivity index (χ0n) is 13.2. The lowest BCUT2D eigenvalue weighted by atomic mass is 10.2. The van der Waals surface area contributed by atoms with Gasteiger partial charge < -0.3 is 0 Å². The first kappa shape index (κ1) is 21.1. The van der Waals surface area contributed by atoms with Crippen LogP contribution in [0.15, 0.2) is 67.4 Å². The maximum Gasteiger partial charge on any atom is 0.294 e. The van der Waals surface area contributed by atoms with Gasteiger partial charge in [-0.1, -0.05) is 12.1 Å². The van der Waals surface area contributed by atoms with Crippen molar-refractivity contribution in [2.45, 2.75) is 21.2 Å². The van der Waals surface area contributed by atoms with Crippen LogP contribution >= 0.6 is 0 Å². The van der Waals surface area contributed by atoms with Gasteiger partial charge in [0.2, 0.25) is 0 Å². The van der Waals surface area contributed by atoms with E-state index in [1.807, 2.05) is 0 Å². The third-order valence-corrected chi connectivity index (χ3v) is 5.61. The molecule has 2 rings (SSSR count). The molecule has 14 heteroatoms. The fraction of sp³-hybridized carbons (Fsp3) is 0.0769. The number of azo groups is 1. The molecule has 0 saturated heterocycles. The fourth-order valence-corrected chi connectivity index (χ4v) is 3.63. The molecule has 0 aliphatic carbocycles. The second kappa shape index (κ2) is 7.41. The second-order valence-electron chi connectivity index (χ2n) is 5.13. The maximum atomic E-state index is 11.2. The van der Waals surface area contributed by atoms with Crippen LogP contribution in [0.2, 0.25) is 0 Å². The number of hydrogen-bond donors (Lipinski definition) is 3. The first-order chi connectivity index (χ1) is 12.3. The second-order valence-corrected chi connectivity index (χ2v) is 9.40. The van der Waals surface area contributed by atoms with E-state index in [9.17, 15) is 25.3 Å². The van der Waals surface area contributed by atoms with Crippen LogP contribution in [0.25, 0.3) is 0 Å². The normalized spacial score (nSPS) is 13.1. The minimum absolute atomic E-state index is 0.194. The minimum Gasteiger partial charge on any atom is -0.282 e. The van der Waals surface area contributed by atoms with Crippen molar-refractivity contribution in [1.82, 2.24) is 0 Å². The van der Waals surface area contributed by atoms with Crippen LogP contribution in [0.4, 0.5) is 5.69 Å². The van der Waals surface area contributed by atoms with Gasteiger partial charge in [-0.2, -0.15) is 35.5 Å². The summed E-state index contributed by atoms with van der Waals surface area (Å²) in [6.45, 7) is -0.194. The van der Waals surface area contributed by atoms with Gasteiger partial charge in [0, 0.05) is 0 Å². The average Bonchev–Trinajstić information content (AvgIpc) is 2.52. The fourth-order valence-electron chi connectivity index (χ4n) is 1.92. The highest BCUT2D eigenvalue weighted by Crippen LogP contribution is 2.25. The molecule has 3 N–H and O–H groups in total. The van der Waals surface area contributed by atoms with E-state index < -0.39 is 40.1 Å². The zero-order chi connectivity index (χ0) is 20.5.